The second-order valence-corrected chi connectivity index (χ2v) is 8.02. The molecule has 1 aliphatic heterocycles. The summed E-state index contributed by atoms with van der Waals surface area (Å²) in [6.07, 6.45) is 0.741. The Labute approximate surface area is 162 Å². The van der Waals surface area contributed by atoms with Crippen molar-refractivity contribution in [2.75, 3.05) is 0 Å². The monoisotopic (exact) mass is 392 g/mol. The van der Waals surface area contributed by atoms with Crippen LogP contribution >= 0.6 is 11.6 Å². The van der Waals surface area contributed by atoms with Gasteiger partial charge in [0.05, 0.1) is 5.92 Å². The Bertz CT molecular complexity index is 908. The van der Waals surface area contributed by atoms with Crippen molar-refractivity contribution in [3.8, 4) is 11.5 Å². The van der Waals surface area contributed by atoms with E-state index in [2.05, 4.69) is 0 Å². The van der Waals surface area contributed by atoms with Crippen LogP contribution in [0.2, 0.25) is 5.02 Å². The van der Waals surface area contributed by atoms with Crippen molar-refractivity contribution in [3.63, 3.8) is 0 Å². The standard InChI is InChI=1S/C21H22ClFO4/c1-11-5-18(17(23)8-16(11)12(2)20(24)25)26-10-14-7-15(22)6-13-9-21(3,4)27-19(13)14/h5-8,12H,9-10H2,1-4H3,(H,24,25). The predicted molar refractivity (Wildman–Crippen MR) is 101 cm³/mol. The number of benzene rings is 2. The Morgan fingerprint density at radius 3 is 2.74 bits per heavy atom. The summed E-state index contributed by atoms with van der Waals surface area (Å²) in [6.45, 7) is 7.36. The Kier molecular flexibility index (Phi) is 5.08. The first-order valence-corrected chi connectivity index (χ1v) is 9.11. The average molecular weight is 393 g/mol. The predicted octanol–water partition coefficient (Wildman–Crippen LogP) is 5.27. The lowest BCUT2D eigenvalue weighted by atomic mass is 9.96. The van der Waals surface area contributed by atoms with Gasteiger partial charge in [-0.2, -0.15) is 0 Å². The third kappa shape index (κ3) is 4.03. The smallest absolute Gasteiger partial charge is 0.310 e. The average Bonchev–Trinajstić information content (AvgIpc) is 2.88. The van der Waals surface area contributed by atoms with Gasteiger partial charge in [0.1, 0.15) is 18.0 Å². The van der Waals surface area contributed by atoms with Crippen LogP contribution in [0.5, 0.6) is 11.5 Å². The lowest BCUT2D eigenvalue weighted by Gasteiger charge is -2.19. The van der Waals surface area contributed by atoms with E-state index >= 15 is 0 Å². The molecular formula is C21H22ClFO4. The van der Waals surface area contributed by atoms with E-state index in [1.54, 1.807) is 13.0 Å². The van der Waals surface area contributed by atoms with E-state index in [1.807, 2.05) is 19.9 Å². The first-order chi connectivity index (χ1) is 12.6. The van der Waals surface area contributed by atoms with Crippen LogP contribution in [0.15, 0.2) is 24.3 Å². The number of hydrogen-bond acceptors (Lipinski definition) is 3. The van der Waals surface area contributed by atoms with Crippen LogP contribution in [0.1, 0.15) is 48.9 Å². The van der Waals surface area contributed by atoms with Crippen molar-refractivity contribution in [2.45, 2.75) is 52.2 Å². The Balaban J connectivity index is 1.85. The minimum Gasteiger partial charge on any atom is -0.487 e. The van der Waals surface area contributed by atoms with Gasteiger partial charge in [-0.25, -0.2) is 4.39 Å². The van der Waals surface area contributed by atoms with E-state index in [0.29, 0.717) is 16.1 Å². The molecular weight excluding hydrogens is 371 g/mol. The molecule has 3 rings (SSSR count). The minimum atomic E-state index is -1.000. The van der Waals surface area contributed by atoms with Crippen molar-refractivity contribution in [1.29, 1.82) is 0 Å². The highest BCUT2D eigenvalue weighted by molar-refractivity contribution is 6.30. The van der Waals surface area contributed by atoms with E-state index in [0.717, 1.165) is 23.3 Å². The molecule has 0 spiro atoms. The largest absolute Gasteiger partial charge is 0.487 e. The van der Waals surface area contributed by atoms with Gasteiger partial charge in [-0.3, -0.25) is 4.79 Å². The van der Waals surface area contributed by atoms with E-state index in [4.69, 9.17) is 26.2 Å². The minimum absolute atomic E-state index is 0.0693. The van der Waals surface area contributed by atoms with Crippen LogP contribution in [0.4, 0.5) is 4.39 Å². The van der Waals surface area contributed by atoms with Gasteiger partial charge in [-0.1, -0.05) is 11.6 Å². The zero-order chi connectivity index (χ0) is 19.9. The topological polar surface area (TPSA) is 55.8 Å². The summed E-state index contributed by atoms with van der Waals surface area (Å²) in [5.74, 6) is -1.58. The number of halogens is 2. The fraction of sp³-hybridized carbons (Fsp3) is 0.381. The maximum atomic E-state index is 14.5. The van der Waals surface area contributed by atoms with Gasteiger partial charge >= 0.3 is 5.97 Å². The molecule has 1 atom stereocenters. The van der Waals surface area contributed by atoms with E-state index in [9.17, 15) is 9.18 Å². The third-order valence-electron chi connectivity index (χ3n) is 4.74. The fourth-order valence-corrected chi connectivity index (χ4v) is 3.65. The molecule has 27 heavy (non-hydrogen) atoms. The molecule has 1 heterocycles. The Hall–Kier alpha value is -2.27. The van der Waals surface area contributed by atoms with Gasteiger partial charge in [0.25, 0.3) is 0 Å². The summed E-state index contributed by atoms with van der Waals surface area (Å²) in [6, 6.07) is 6.39. The van der Waals surface area contributed by atoms with Gasteiger partial charge in [0.2, 0.25) is 0 Å². The first-order valence-electron chi connectivity index (χ1n) is 8.73. The highest BCUT2D eigenvalue weighted by Gasteiger charge is 2.32. The molecule has 0 amide bonds. The zero-order valence-corrected chi connectivity index (χ0v) is 16.5. The summed E-state index contributed by atoms with van der Waals surface area (Å²) in [7, 11) is 0. The number of ether oxygens (including phenoxy) is 2. The molecule has 0 bridgehead atoms. The molecule has 0 fully saturated rings. The molecule has 1 N–H and O–H groups in total. The van der Waals surface area contributed by atoms with Crippen molar-refractivity contribution >= 4 is 17.6 Å². The Morgan fingerprint density at radius 2 is 2.07 bits per heavy atom. The summed E-state index contributed by atoms with van der Waals surface area (Å²) in [5, 5.41) is 9.73. The zero-order valence-electron chi connectivity index (χ0n) is 15.7. The van der Waals surface area contributed by atoms with Crippen molar-refractivity contribution < 1.29 is 23.8 Å². The van der Waals surface area contributed by atoms with Gasteiger partial charge in [-0.15, -0.1) is 0 Å². The number of carboxylic acids is 1. The van der Waals surface area contributed by atoms with Crippen LogP contribution in [0.25, 0.3) is 0 Å². The number of carbonyl (C=O) groups is 1. The summed E-state index contributed by atoms with van der Waals surface area (Å²) < 4.78 is 26.1. The molecule has 144 valence electrons. The van der Waals surface area contributed by atoms with Gasteiger partial charge in [0, 0.05) is 17.0 Å². The summed E-state index contributed by atoms with van der Waals surface area (Å²) >= 11 is 6.20. The molecule has 2 aromatic carbocycles. The maximum Gasteiger partial charge on any atom is 0.310 e. The number of rotatable bonds is 5. The molecule has 1 unspecified atom stereocenters. The van der Waals surface area contributed by atoms with Crippen LogP contribution in [0, 0.1) is 12.7 Å². The number of aliphatic carboxylic acids is 1. The number of carboxylic acid groups (broad SMARTS) is 1. The SMILES string of the molecule is Cc1cc(OCc2cc(Cl)cc3c2OC(C)(C)C3)c(F)cc1C(C)C(=O)O. The Morgan fingerprint density at radius 1 is 1.37 bits per heavy atom. The van der Waals surface area contributed by atoms with Crippen molar-refractivity contribution in [3.05, 3.63) is 57.4 Å². The molecule has 0 aromatic heterocycles. The second kappa shape index (κ2) is 7.04. The van der Waals surface area contributed by atoms with E-state index < -0.39 is 17.7 Å². The molecule has 1 aliphatic rings. The third-order valence-corrected chi connectivity index (χ3v) is 4.96. The maximum absolute atomic E-state index is 14.5. The normalized spacial score (nSPS) is 15.8. The van der Waals surface area contributed by atoms with Gasteiger partial charge < -0.3 is 14.6 Å². The molecule has 6 heteroatoms. The van der Waals surface area contributed by atoms with Gasteiger partial charge in [-0.05, 0) is 68.7 Å². The van der Waals surface area contributed by atoms with Gasteiger partial charge in [0.15, 0.2) is 11.6 Å². The molecule has 0 aliphatic carbocycles. The van der Waals surface area contributed by atoms with Crippen molar-refractivity contribution in [2.24, 2.45) is 0 Å². The highest BCUT2D eigenvalue weighted by Crippen LogP contribution is 2.40. The van der Waals surface area contributed by atoms with Crippen LogP contribution in [-0.4, -0.2) is 16.7 Å². The second-order valence-electron chi connectivity index (χ2n) is 7.58. The van der Waals surface area contributed by atoms with Crippen LogP contribution in [0.3, 0.4) is 0 Å². The fourth-order valence-electron chi connectivity index (χ4n) is 3.39. The highest BCUT2D eigenvalue weighted by atomic mass is 35.5. The summed E-state index contributed by atoms with van der Waals surface area (Å²) in [5.41, 5.74) is 2.53. The molecule has 0 saturated carbocycles. The van der Waals surface area contributed by atoms with Crippen molar-refractivity contribution in [1.82, 2.24) is 0 Å². The van der Waals surface area contributed by atoms with Crippen LogP contribution < -0.4 is 9.47 Å². The number of hydrogen-bond donors (Lipinski definition) is 1. The first kappa shape index (κ1) is 19.5. The quantitative estimate of drug-likeness (QED) is 0.753. The lowest BCUT2D eigenvalue weighted by Crippen LogP contribution is -2.25. The molecule has 2 aromatic rings. The van der Waals surface area contributed by atoms with E-state index in [-0.39, 0.29) is 18.0 Å². The number of aryl methyl sites for hydroxylation is 1. The number of fused-ring (bicyclic) bond motifs is 1. The lowest BCUT2D eigenvalue weighted by molar-refractivity contribution is -0.138. The summed E-state index contributed by atoms with van der Waals surface area (Å²) in [4.78, 5) is 11.2. The van der Waals surface area contributed by atoms with Crippen LogP contribution in [-0.2, 0) is 17.8 Å². The molecule has 4 nitrogen and oxygen atoms in total. The van der Waals surface area contributed by atoms with E-state index in [1.165, 1.54) is 19.1 Å². The molecule has 0 radical (unpaired) electrons. The molecule has 0 saturated heterocycles.